The molecule has 6 nitrogen and oxygen atoms in total. The predicted octanol–water partition coefficient (Wildman–Crippen LogP) is 5.37. The van der Waals surface area contributed by atoms with Crippen molar-refractivity contribution in [2.75, 3.05) is 13.2 Å². The van der Waals surface area contributed by atoms with Gasteiger partial charge in [-0.3, -0.25) is 9.59 Å². The predicted molar refractivity (Wildman–Crippen MR) is 140 cm³/mol. The van der Waals surface area contributed by atoms with Crippen LogP contribution in [0.4, 0.5) is 0 Å². The van der Waals surface area contributed by atoms with Crippen molar-refractivity contribution in [3.05, 3.63) is 72.8 Å². The quantitative estimate of drug-likeness (QED) is 0.326. The summed E-state index contributed by atoms with van der Waals surface area (Å²) in [6.45, 7) is 5.38. The Kier molecular flexibility index (Phi) is 9.41. The van der Waals surface area contributed by atoms with Crippen LogP contribution in [0.1, 0.15) is 46.0 Å². The molecule has 0 saturated carbocycles. The first-order valence-electron chi connectivity index (χ1n) is 12.1. The number of unbranched alkanes of at least 4 members (excludes halogenated alkanes) is 1. The molecule has 0 bridgehead atoms. The Labute approximate surface area is 207 Å². The van der Waals surface area contributed by atoms with E-state index in [0.29, 0.717) is 19.0 Å². The largest absolute Gasteiger partial charge is 0.478 e. The van der Waals surface area contributed by atoms with Gasteiger partial charge in [0.2, 0.25) is 17.7 Å². The third-order valence-corrected chi connectivity index (χ3v) is 5.84. The van der Waals surface area contributed by atoms with E-state index >= 15 is 0 Å². The van der Waals surface area contributed by atoms with Crippen molar-refractivity contribution in [1.82, 2.24) is 10.3 Å². The summed E-state index contributed by atoms with van der Waals surface area (Å²) in [6, 6.07) is 24.4. The van der Waals surface area contributed by atoms with E-state index in [-0.39, 0.29) is 24.2 Å². The average molecular weight is 474 g/mol. The van der Waals surface area contributed by atoms with Crippen LogP contribution in [0.5, 0.6) is 5.88 Å². The summed E-state index contributed by atoms with van der Waals surface area (Å²) >= 11 is 0. The van der Waals surface area contributed by atoms with Crippen molar-refractivity contribution in [1.29, 1.82) is 0 Å². The molecule has 2 aromatic carbocycles. The molecule has 0 aliphatic heterocycles. The van der Waals surface area contributed by atoms with Gasteiger partial charge in [0.1, 0.15) is 0 Å². The van der Waals surface area contributed by atoms with Crippen LogP contribution < -0.4 is 15.8 Å². The van der Waals surface area contributed by atoms with E-state index in [1.807, 2.05) is 42.5 Å². The van der Waals surface area contributed by atoms with E-state index < -0.39 is 5.91 Å². The lowest BCUT2D eigenvalue weighted by molar-refractivity contribution is -0.125. The highest BCUT2D eigenvalue weighted by molar-refractivity contribution is 5.82. The number of ether oxygens (including phenoxy) is 1. The van der Waals surface area contributed by atoms with Crippen molar-refractivity contribution in [2.45, 2.75) is 46.0 Å². The highest BCUT2D eigenvalue weighted by atomic mass is 16.5. The number of hydrogen-bond donors (Lipinski definition) is 2. The van der Waals surface area contributed by atoms with Crippen LogP contribution in [0.3, 0.4) is 0 Å². The van der Waals surface area contributed by atoms with Crippen LogP contribution in [-0.2, 0) is 9.59 Å². The maximum Gasteiger partial charge on any atom is 0.220 e. The molecule has 0 atom stereocenters. The van der Waals surface area contributed by atoms with Gasteiger partial charge in [-0.05, 0) is 41.9 Å². The van der Waals surface area contributed by atoms with Gasteiger partial charge in [0.05, 0.1) is 12.3 Å². The minimum atomic E-state index is -0.459. The minimum Gasteiger partial charge on any atom is -0.478 e. The number of carbonyl (C=O) groups is 2. The van der Waals surface area contributed by atoms with E-state index in [1.54, 1.807) is 0 Å². The van der Waals surface area contributed by atoms with E-state index in [4.69, 9.17) is 15.5 Å². The topological polar surface area (TPSA) is 94.3 Å². The third kappa shape index (κ3) is 8.89. The second-order valence-corrected chi connectivity index (χ2v) is 9.52. The molecule has 6 heteroatoms. The Morgan fingerprint density at radius 3 is 2.20 bits per heavy atom. The van der Waals surface area contributed by atoms with Gasteiger partial charge in [-0.25, -0.2) is 4.98 Å². The number of nitrogens with two attached hydrogens (primary N) is 1. The lowest BCUT2D eigenvalue weighted by Crippen LogP contribution is -2.34. The summed E-state index contributed by atoms with van der Waals surface area (Å²) in [7, 11) is 0. The molecular formula is C29H35N3O3. The monoisotopic (exact) mass is 473 g/mol. The van der Waals surface area contributed by atoms with Gasteiger partial charge < -0.3 is 15.8 Å². The van der Waals surface area contributed by atoms with Crippen LogP contribution >= 0.6 is 0 Å². The molecule has 35 heavy (non-hydrogen) atoms. The number of pyridine rings is 1. The van der Waals surface area contributed by atoms with E-state index in [2.05, 4.69) is 49.5 Å². The average Bonchev–Trinajstić information content (AvgIpc) is 2.87. The van der Waals surface area contributed by atoms with Crippen LogP contribution in [0.2, 0.25) is 0 Å². The van der Waals surface area contributed by atoms with Gasteiger partial charge in [0.15, 0.2) is 0 Å². The number of rotatable bonds is 13. The molecule has 1 aromatic heterocycles. The fourth-order valence-electron chi connectivity index (χ4n) is 3.77. The van der Waals surface area contributed by atoms with Gasteiger partial charge in [-0.2, -0.15) is 0 Å². The molecule has 0 radical (unpaired) electrons. The lowest BCUT2D eigenvalue weighted by Gasteiger charge is -2.25. The molecule has 0 unspecified atom stereocenters. The first-order valence-corrected chi connectivity index (χ1v) is 12.1. The smallest absolute Gasteiger partial charge is 0.220 e. The van der Waals surface area contributed by atoms with Crippen molar-refractivity contribution in [2.24, 2.45) is 11.1 Å². The van der Waals surface area contributed by atoms with Crippen molar-refractivity contribution in [3.63, 3.8) is 0 Å². The highest BCUT2D eigenvalue weighted by Crippen LogP contribution is 2.29. The summed E-state index contributed by atoms with van der Waals surface area (Å²) in [5.74, 6) is 0.0177. The number of aromatic nitrogens is 1. The number of amides is 2. The van der Waals surface area contributed by atoms with Gasteiger partial charge in [-0.15, -0.1) is 0 Å². The van der Waals surface area contributed by atoms with E-state index in [1.165, 1.54) is 0 Å². The van der Waals surface area contributed by atoms with Crippen LogP contribution in [0, 0.1) is 5.41 Å². The highest BCUT2D eigenvalue weighted by Gasteiger charge is 2.18. The van der Waals surface area contributed by atoms with Gasteiger partial charge >= 0.3 is 0 Å². The van der Waals surface area contributed by atoms with E-state index in [0.717, 1.165) is 41.6 Å². The fraction of sp³-hybridized carbons (Fsp3) is 0.345. The maximum absolute atomic E-state index is 11.8. The molecule has 0 aliphatic rings. The summed E-state index contributed by atoms with van der Waals surface area (Å²) in [5.41, 5.74) is 9.18. The number of primary amides is 1. The number of nitrogens with zero attached hydrogens (tertiary/aromatic N) is 1. The number of hydrogen-bond acceptors (Lipinski definition) is 4. The van der Waals surface area contributed by atoms with Gasteiger partial charge in [0.25, 0.3) is 0 Å². The molecule has 0 saturated heterocycles. The van der Waals surface area contributed by atoms with Crippen molar-refractivity contribution in [3.8, 4) is 28.3 Å². The number of carbonyl (C=O) groups excluding carboxylic acids is 2. The molecule has 0 aliphatic carbocycles. The van der Waals surface area contributed by atoms with Crippen molar-refractivity contribution < 1.29 is 14.3 Å². The molecule has 3 N–H and O–H groups in total. The van der Waals surface area contributed by atoms with Crippen molar-refractivity contribution >= 4 is 11.8 Å². The van der Waals surface area contributed by atoms with Crippen LogP contribution in [-0.4, -0.2) is 29.9 Å². The summed E-state index contributed by atoms with van der Waals surface area (Å²) < 4.78 is 6.07. The zero-order valence-electron chi connectivity index (χ0n) is 20.6. The molecule has 3 rings (SSSR count). The minimum absolute atomic E-state index is 0.0473. The Morgan fingerprint density at radius 1 is 0.886 bits per heavy atom. The maximum atomic E-state index is 11.8. The Hall–Kier alpha value is -3.67. The first-order chi connectivity index (χ1) is 16.8. The van der Waals surface area contributed by atoms with E-state index in [9.17, 15) is 9.59 Å². The first kappa shape index (κ1) is 25.9. The number of nitrogens with one attached hydrogen (secondary N) is 1. The Morgan fingerprint density at radius 2 is 1.54 bits per heavy atom. The SMILES string of the molecule is CC(C)(CCCCOc1cc(-c2ccccc2)cc(-c2ccccc2)n1)CNC(=O)CCC(N)=O. The summed E-state index contributed by atoms with van der Waals surface area (Å²) in [4.78, 5) is 27.4. The molecule has 1 heterocycles. The molecule has 3 aromatic rings. The molecule has 0 fully saturated rings. The summed E-state index contributed by atoms with van der Waals surface area (Å²) in [6.07, 6.45) is 3.01. The molecule has 2 amide bonds. The van der Waals surface area contributed by atoms with Crippen LogP contribution in [0.15, 0.2) is 72.8 Å². The molecule has 0 spiro atoms. The summed E-state index contributed by atoms with van der Waals surface area (Å²) in [5, 5.41) is 2.90. The fourth-order valence-corrected chi connectivity index (χ4v) is 3.77. The normalized spacial score (nSPS) is 11.1. The zero-order chi connectivity index (χ0) is 25.1. The Bertz CT molecular complexity index is 1040. The zero-order valence-corrected chi connectivity index (χ0v) is 20.6. The Balaban J connectivity index is 1.54. The second kappa shape index (κ2) is 12.7. The lowest BCUT2D eigenvalue weighted by atomic mass is 9.87. The van der Waals surface area contributed by atoms with Gasteiger partial charge in [-0.1, -0.05) is 74.5 Å². The number of benzene rings is 2. The molecule has 184 valence electrons. The second-order valence-electron chi connectivity index (χ2n) is 9.52. The molecular weight excluding hydrogens is 438 g/mol. The third-order valence-electron chi connectivity index (χ3n) is 5.84. The van der Waals surface area contributed by atoms with Crippen LogP contribution in [0.25, 0.3) is 22.4 Å². The standard InChI is InChI=1S/C29H35N3O3/c1-29(2,21-31-27(34)16-15-26(30)33)17-9-10-18-35-28-20-24(22-11-5-3-6-12-22)19-25(32-28)23-13-7-4-8-14-23/h3-8,11-14,19-20H,9-10,15-18,21H2,1-2H3,(H2,30,33)(H,31,34). The van der Waals surface area contributed by atoms with Gasteiger partial charge in [0, 0.05) is 31.0 Å².